The minimum Gasteiger partial charge on any atom is -0.375 e. The zero-order chi connectivity index (χ0) is 23.9. The lowest BCUT2D eigenvalue weighted by atomic mass is 9.84. The molecule has 0 radical (unpaired) electrons. The van der Waals surface area contributed by atoms with Crippen molar-refractivity contribution < 1.29 is 14.7 Å². The van der Waals surface area contributed by atoms with E-state index in [1.165, 1.54) is 0 Å². The number of aryl methyl sites for hydroxylation is 2. The zero-order valence-corrected chi connectivity index (χ0v) is 20.2. The molecule has 5 heteroatoms. The van der Waals surface area contributed by atoms with Gasteiger partial charge in [-0.3, -0.25) is 9.59 Å². The van der Waals surface area contributed by atoms with Crippen molar-refractivity contribution in [2.24, 2.45) is 0 Å². The summed E-state index contributed by atoms with van der Waals surface area (Å²) in [7, 11) is 0. The molecule has 0 spiro atoms. The van der Waals surface area contributed by atoms with Gasteiger partial charge in [0.05, 0.1) is 12.1 Å². The van der Waals surface area contributed by atoms with E-state index in [2.05, 4.69) is 6.07 Å². The number of nitrogens with zero attached hydrogens (tertiary/aromatic N) is 1. The molecule has 33 heavy (non-hydrogen) atoms. The van der Waals surface area contributed by atoms with Crippen LogP contribution in [0.1, 0.15) is 50.2 Å². The van der Waals surface area contributed by atoms with Crippen molar-refractivity contribution in [1.29, 1.82) is 0 Å². The van der Waals surface area contributed by atoms with E-state index >= 15 is 0 Å². The molecule has 1 aliphatic rings. The Kier molecular flexibility index (Phi) is 6.17. The van der Waals surface area contributed by atoms with Gasteiger partial charge in [-0.05, 0) is 80.1 Å². The third-order valence-electron chi connectivity index (χ3n) is 6.82. The Labute approximate surface area is 199 Å². The molecular weight excluding hydrogens is 434 g/mol. The Morgan fingerprint density at radius 3 is 2.24 bits per heavy atom. The molecule has 0 aromatic heterocycles. The van der Waals surface area contributed by atoms with Crippen molar-refractivity contribution in [2.45, 2.75) is 46.1 Å². The van der Waals surface area contributed by atoms with Gasteiger partial charge < -0.3 is 10.0 Å². The summed E-state index contributed by atoms with van der Waals surface area (Å²) in [6.07, 6.45) is 0.305. The number of halogens is 1. The Balaban J connectivity index is 1.70. The van der Waals surface area contributed by atoms with Crippen LogP contribution in [0.2, 0.25) is 5.02 Å². The minimum atomic E-state index is -1.95. The van der Waals surface area contributed by atoms with Gasteiger partial charge in [0.1, 0.15) is 0 Å². The normalized spacial score (nSPS) is 17.4. The number of aliphatic hydroxyl groups is 1. The summed E-state index contributed by atoms with van der Waals surface area (Å²) in [6, 6.07) is 17.0. The number of hydrogen-bond donors (Lipinski definition) is 1. The maximum atomic E-state index is 13.6. The van der Waals surface area contributed by atoms with Crippen molar-refractivity contribution in [3.8, 4) is 0 Å². The second-order valence-electron chi connectivity index (χ2n) is 8.95. The van der Waals surface area contributed by atoms with Crippen LogP contribution in [-0.4, -0.2) is 23.3 Å². The highest BCUT2D eigenvalue weighted by atomic mass is 35.5. The van der Waals surface area contributed by atoms with Crippen LogP contribution in [-0.2, 0) is 16.8 Å². The average molecular weight is 462 g/mol. The Morgan fingerprint density at radius 2 is 1.61 bits per heavy atom. The summed E-state index contributed by atoms with van der Waals surface area (Å²) >= 11 is 6.24. The van der Waals surface area contributed by atoms with Crippen molar-refractivity contribution >= 4 is 29.0 Å². The first-order valence-corrected chi connectivity index (χ1v) is 11.5. The minimum absolute atomic E-state index is 0.247. The molecule has 1 atom stereocenters. The standard InChI is InChI=1S/C28H28ClNO3/c1-17-14-18(2)20(4)26(19(17)3)25(31)16-28(33)23-15-22(29)10-11-24(23)30(27(28)32)13-12-21-8-6-5-7-9-21/h5-11,14-15,33H,12-13,16H2,1-4H3/t28-/m0/s1. The smallest absolute Gasteiger partial charge is 0.264 e. The molecule has 0 fully saturated rings. The fourth-order valence-corrected chi connectivity index (χ4v) is 4.93. The highest BCUT2D eigenvalue weighted by Gasteiger charge is 2.51. The van der Waals surface area contributed by atoms with Crippen LogP contribution in [0.3, 0.4) is 0 Å². The Bertz CT molecular complexity index is 1230. The van der Waals surface area contributed by atoms with Gasteiger partial charge in [0.25, 0.3) is 5.91 Å². The number of carbonyl (C=O) groups excluding carboxylic acids is 2. The summed E-state index contributed by atoms with van der Waals surface area (Å²) in [4.78, 5) is 28.7. The number of benzene rings is 3. The fourth-order valence-electron chi connectivity index (χ4n) is 4.76. The summed E-state index contributed by atoms with van der Waals surface area (Å²) < 4.78 is 0. The van der Waals surface area contributed by atoms with Gasteiger partial charge in [0, 0.05) is 22.7 Å². The van der Waals surface area contributed by atoms with Crippen LogP contribution in [0, 0.1) is 27.7 Å². The molecule has 3 aromatic carbocycles. The number of amides is 1. The number of Topliss-reactive ketones (excluding diaryl/α,β-unsaturated/α-hetero) is 1. The van der Waals surface area contributed by atoms with Crippen LogP contribution in [0.5, 0.6) is 0 Å². The van der Waals surface area contributed by atoms with E-state index in [0.29, 0.717) is 34.8 Å². The first-order chi connectivity index (χ1) is 15.6. The van der Waals surface area contributed by atoms with E-state index in [0.717, 1.165) is 27.8 Å². The summed E-state index contributed by atoms with van der Waals surface area (Å²) in [5, 5.41) is 12.1. The van der Waals surface area contributed by atoms with Crippen LogP contribution < -0.4 is 4.90 Å². The molecule has 3 aromatic rings. The predicted octanol–water partition coefficient (Wildman–Crippen LogP) is 5.62. The van der Waals surface area contributed by atoms with E-state index < -0.39 is 11.5 Å². The fraction of sp³-hybridized carbons (Fsp3) is 0.286. The lowest BCUT2D eigenvalue weighted by Gasteiger charge is -2.24. The lowest BCUT2D eigenvalue weighted by molar-refractivity contribution is -0.135. The van der Waals surface area contributed by atoms with Crippen molar-refractivity contribution in [1.82, 2.24) is 0 Å². The molecule has 1 N–H and O–H groups in total. The zero-order valence-electron chi connectivity index (χ0n) is 19.4. The number of fused-ring (bicyclic) bond motifs is 1. The van der Waals surface area contributed by atoms with E-state index in [1.807, 2.05) is 58.0 Å². The number of anilines is 1. The van der Waals surface area contributed by atoms with E-state index in [4.69, 9.17) is 11.6 Å². The van der Waals surface area contributed by atoms with E-state index in [-0.39, 0.29) is 12.2 Å². The van der Waals surface area contributed by atoms with Gasteiger partial charge in [-0.25, -0.2) is 0 Å². The first-order valence-electron chi connectivity index (χ1n) is 11.1. The highest BCUT2D eigenvalue weighted by Crippen LogP contribution is 2.44. The van der Waals surface area contributed by atoms with Crippen LogP contribution in [0.15, 0.2) is 54.6 Å². The topological polar surface area (TPSA) is 57.6 Å². The number of rotatable bonds is 6. The number of hydrogen-bond acceptors (Lipinski definition) is 3. The van der Waals surface area contributed by atoms with E-state index in [9.17, 15) is 14.7 Å². The maximum Gasteiger partial charge on any atom is 0.264 e. The molecule has 4 nitrogen and oxygen atoms in total. The van der Waals surface area contributed by atoms with Crippen LogP contribution in [0.25, 0.3) is 0 Å². The quantitative estimate of drug-likeness (QED) is 0.484. The molecule has 0 bridgehead atoms. The highest BCUT2D eigenvalue weighted by molar-refractivity contribution is 6.31. The Morgan fingerprint density at radius 1 is 0.970 bits per heavy atom. The molecule has 0 saturated carbocycles. The second kappa shape index (κ2) is 8.77. The molecule has 0 aliphatic carbocycles. The van der Waals surface area contributed by atoms with Gasteiger partial charge in [-0.1, -0.05) is 48.0 Å². The molecule has 0 unspecified atom stereocenters. The number of carbonyl (C=O) groups is 2. The molecule has 170 valence electrons. The molecular formula is C28H28ClNO3. The summed E-state index contributed by atoms with van der Waals surface area (Å²) in [5.74, 6) is -0.729. The predicted molar refractivity (Wildman–Crippen MR) is 132 cm³/mol. The largest absolute Gasteiger partial charge is 0.375 e. The summed E-state index contributed by atoms with van der Waals surface area (Å²) in [5.41, 5.74) is 4.50. The lowest BCUT2D eigenvalue weighted by Crippen LogP contribution is -2.42. The molecule has 4 rings (SSSR count). The SMILES string of the molecule is Cc1cc(C)c(C)c(C(=O)C[C@@]2(O)C(=O)N(CCc3ccccc3)c3ccc(Cl)cc32)c1C. The van der Waals surface area contributed by atoms with Gasteiger partial charge in [-0.2, -0.15) is 0 Å². The first kappa shape index (κ1) is 23.2. The maximum absolute atomic E-state index is 13.6. The third-order valence-corrected chi connectivity index (χ3v) is 7.06. The van der Waals surface area contributed by atoms with Crippen LogP contribution in [0.4, 0.5) is 5.69 Å². The van der Waals surface area contributed by atoms with Gasteiger partial charge in [-0.15, -0.1) is 0 Å². The Hall–Kier alpha value is -2.95. The van der Waals surface area contributed by atoms with Crippen LogP contribution >= 0.6 is 11.6 Å². The van der Waals surface area contributed by atoms with Crippen molar-refractivity contribution in [3.05, 3.63) is 98.6 Å². The van der Waals surface area contributed by atoms with E-state index in [1.54, 1.807) is 23.1 Å². The van der Waals surface area contributed by atoms with Crippen molar-refractivity contribution in [3.63, 3.8) is 0 Å². The molecule has 0 saturated heterocycles. The number of ketones is 1. The van der Waals surface area contributed by atoms with Gasteiger partial charge >= 0.3 is 0 Å². The molecule has 1 heterocycles. The van der Waals surface area contributed by atoms with Crippen molar-refractivity contribution in [2.75, 3.05) is 11.4 Å². The second-order valence-corrected chi connectivity index (χ2v) is 9.39. The molecule has 1 aliphatic heterocycles. The third kappa shape index (κ3) is 4.09. The molecule has 1 amide bonds. The average Bonchev–Trinajstić information content (AvgIpc) is 2.98. The van der Waals surface area contributed by atoms with Gasteiger partial charge in [0.2, 0.25) is 0 Å². The monoisotopic (exact) mass is 461 g/mol. The van der Waals surface area contributed by atoms with Gasteiger partial charge in [0.15, 0.2) is 11.4 Å². The summed E-state index contributed by atoms with van der Waals surface area (Å²) in [6.45, 7) is 8.15.